The van der Waals surface area contributed by atoms with Crippen molar-refractivity contribution >= 4 is 46.6 Å². The smallest absolute Gasteiger partial charge is 0.317 e. The molecule has 6 nitrogen and oxygen atoms in total. The maximum Gasteiger partial charge on any atom is 0.317 e. The van der Waals surface area contributed by atoms with Crippen molar-refractivity contribution in [3.05, 3.63) is 43.3 Å². The van der Waals surface area contributed by atoms with Gasteiger partial charge in [0, 0.05) is 21.4 Å². The molecule has 3 atom stereocenters. The fourth-order valence-electron chi connectivity index (χ4n) is 2.99. The van der Waals surface area contributed by atoms with Crippen LogP contribution in [0.2, 0.25) is 5.02 Å². The van der Waals surface area contributed by atoms with E-state index < -0.39 is 29.0 Å². The molecule has 4 rings (SSSR count). The molecule has 0 aliphatic carbocycles. The molecule has 0 amide bonds. The number of hydrogen-bond acceptors (Lipinski definition) is 6. The first-order valence-electron chi connectivity index (χ1n) is 6.59. The number of carbonyl (C=O) groups is 2. The van der Waals surface area contributed by atoms with Crippen LogP contribution < -0.4 is 9.61 Å². The number of carboxylic acids is 1. The molecule has 23 heavy (non-hydrogen) atoms. The summed E-state index contributed by atoms with van der Waals surface area (Å²) in [4.78, 5) is 38.8. The molecule has 0 saturated heterocycles. The monoisotopic (exact) mass is 369 g/mol. The summed E-state index contributed by atoms with van der Waals surface area (Å²) in [5.41, 5.74) is 0.630. The minimum absolute atomic E-state index is 0.283. The summed E-state index contributed by atoms with van der Waals surface area (Å²) >= 11 is 8.01. The second-order valence-corrected chi connectivity index (χ2v) is 7.79. The van der Waals surface area contributed by atoms with E-state index in [1.54, 1.807) is 18.2 Å². The van der Waals surface area contributed by atoms with Gasteiger partial charge in [0.25, 0.3) is 0 Å². The molecule has 1 aromatic heterocycles. The highest BCUT2D eigenvalue weighted by atomic mass is 35.5. The number of aromatic amines is 1. The fourth-order valence-corrected chi connectivity index (χ4v) is 5.56. The summed E-state index contributed by atoms with van der Waals surface area (Å²) < 4.78 is 5.30. The average Bonchev–Trinajstić information content (AvgIpc) is 2.86. The number of benzene rings is 1. The third kappa shape index (κ3) is 2.20. The van der Waals surface area contributed by atoms with E-state index in [1.165, 1.54) is 0 Å². The van der Waals surface area contributed by atoms with Crippen LogP contribution in [0.25, 0.3) is 0 Å². The highest BCUT2D eigenvalue weighted by Gasteiger charge is 2.51. The van der Waals surface area contributed by atoms with Gasteiger partial charge in [0.05, 0.1) is 10.9 Å². The minimum atomic E-state index is -1.12. The first kappa shape index (κ1) is 14.8. The van der Waals surface area contributed by atoms with Gasteiger partial charge in [-0.1, -0.05) is 34.7 Å². The molecule has 2 aromatic rings. The summed E-state index contributed by atoms with van der Waals surface area (Å²) in [6.45, 7) is 0. The maximum absolute atomic E-state index is 12.4. The zero-order valence-electron chi connectivity index (χ0n) is 11.2. The molecule has 3 heterocycles. The van der Waals surface area contributed by atoms with Gasteiger partial charge in [-0.15, -0.1) is 0 Å². The van der Waals surface area contributed by atoms with Gasteiger partial charge in [0.1, 0.15) is 11.0 Å². The molecule has 0 unspecified atom stereocenters. The van der Waals surface area contributed by atoms with Gasteiger partial charge in [-0.2, -0.15) is 0 Å². The molecule has 0 bridgehead atoms. The van der Waals surface area contributed by atoms with Crippen LogP contribution in [0.1, 0.15) is 16.4 Å². The SMILES string of the molecule is O=C1Oc2ccc(Cl)cc2[C@@H]2c3sc(=O)[nH]c3S[C@@H](C(=O)O)[C@@H]12. The van der Waals surface area contributed by atoms with Gasteiger partial charge in [0.15, 0.2) is 0 Å². The van der Waals surface area contributed by atoms with Crippen LogP contribution in [0, 0.1) is 5.92 Å². The number of hydrogen-bond donors (Lipinski definition) is 2. The van der Waals surface area contributed by atoms with Crippen molar-refractivity contribution in [2.24, 2.45) is 5.92 Å². The predicted molar refractivity (Wildman–Crippen MR) is 84.6 cm³/mol. The number of thioether (sulfide) groups is 1. The van der Waals surface area contributed by atoms with E-state index in [1.807, 2.05) is 0 Å². The topological polar surface area (TPSA) is 96.5 Å². The largest absolute Gasteiger partial charge is 0.480 e. The van der Waals surface area contributed by atoms with Crippen molar-refractivity contribution < 1.29 is 19.4 Å². The van der Waals surface area contributed by atoms with Crippen molar-refractivity contribution in [2.75, 3.05) is 0 Å². The Hall–Kier alpha value is -1.77. The second-order valence-electron chi connectivity index (χ2n) is 5.19. The lowest BCUT2D eigenvalue weighted by atomic mass is 9.80. The molecular formula is C14H8ClNO5S2. The van der Waals surface area contributed by atoms with Crippen LogP contribution in [0.15, 0.2) is 28.0 Å². The van der Waals surface area contributed by atoms with Crippen molar-refractivity contribution in [3.8, 4) is 5.75 Å². The van der Waals surface area contributed by atoms with Crippen molar-refractivity contribution in [2.45, 2.75) is 16.2 Å². The first-order chi connectivity index (χ1) is 11.0. The number of carboxylic acid groups (broad SMARTS) is 1. The fraction of sp³-hybridized carbons (Fsp3) is 0.214. The number of aliphatic carboxylic acids is 1. The summed E-state index contributed by atoms with van der Waals surface area (Å²) in [7, 11) is 0. The Bertz CT molecular complexity index is 905. The van der Waals surface area contributed by atoms with Gasteiger partial charge >= 0.3 is 16.8 Å². The second kappa shape index (κ2) is 5.12. The molecule has 118 valence electrons. The molecule has 0 saturated carbocycles. The number of rotatable bonds is 1. The van der Waals surface area contributed by atoms with Crippen LogP contribution >= 0.6 is 34.7 Å². The van der Waals surface area contributed by atoms with E-state index in [0.29, 0.717) is 26.2 Å². The number of aromatic nitrogens is 1. The van der Waals surface area contributed by atoms with E-state index in [-0.39, 0.29) is 4.87 Å². The van der Waals surface area contributed by atoms with E-state index >= 15 is 0 Å². The van der Waals surface area contributed by atoms with Gasteiger partial charge in [-0.25, -0.2) is 0 Å². The standard InChI is InChI=1S/C14H8ClNO5S2/c15-4-1-2-6-5(3-4)7-8(13(19)21-6)10(12(17)18)22-11-9(7)23-14(20)16-11/h1-3,7-8,10H,(H,16,20)(H,17,18)/t7-,8-,10+/m0/s1. The Kier molecular flexibility index (Phi) is 3.29. The zero-order chi connectivity index (χ0) is 16.3. The van der Waals surface area contributed by atoms with Gasteiger partial charge in [0.2, 0.25) is 0 Å². The Morgan fingerprint density at radius 3 is 2.87 bits per heavy atom. The molecule has 2 aliphatic heterocycles. The summed E-state index contributed by atoms with van der Waals surface area (Å²) in [6.07, 6.45) is 0. The number of esters is 1. The highest BCUT2D eigenvalue weighted by molar-refractivity contribution is 8.00. The Balaban J connectivity index is 2.00. The third-order valence-electron chi connectivity index (χ3n) is 3.89. The number of ether oxygens (including phenoxy) is 1. The predicted octanol–water partition coefficient (Wildman–Crippen LogP) is 2.32. The lowest BCUT2D eigenvalue weighted by molar-refractivity contribution is -0.147. The Morgan fingerprint density at radius 2 is 2.13 bits per heavy atom. The lowest BCUT2D eigenvalue weighted by Crippen LogP contribution is -2.44. The third-order valence-corrected chi connectivity index (χ3v) is 6.52. The molecule has 0 fully saturated rings. The summed E-state index contributed by atoms with van der Waals surface area (Å²) in [5, 5.41) is 9.40. The highest BCUT2D eigenvalue weighted by Crippen LogP contribution is 2.53. The van der Waals surface area contributed by atoms with Crippen LogP contribution in [0.5, 0.6) is 5.75 Å². The van der Waals surface area contributed by atoms with Gasteiger partial charge in [-0.3, -0.25) is 14.4 Å². The summed E-state index contributed by atoms with van der Waals surface area (Å²) in [6, 6.07) is 4.84. The minimum Gasteiger partial charge on any atom is -0.480 e. The number of fused-ring (bicyclic) bond motifs is 5. The van der Waals surface area contributed by atoms with Crippen LogP contribution in [0.3, 0.4) is 0 Å². The van der Waals surface area contributed by atoms with Gasteiger partial charge < -0.3 is 14.8 Å². The molecule has 0 radical (unpaired) electrons. The summed E-state index contributed by atoms with van der Waals surface area (Å²) in [5.74, 6) is -2.82. The number of thiazole rings is 1. The molecule has 1 aromatic carbocycles. The van der Waals surface area contributed by atoms with Crippen molar-refractivity contribution in [1.29, 1.82) is 0 Å². The first-order valence-corrected chi connectivity index (χ1v) is 8.66. The normalized spacial score (nSPS) is 25.1. The van der Waals surface area contributed by atoms with Crippen LogP contribution in [0.4, 0.5) is 0 Å². The van der Waals surface area contributed by atoms with Crippen molar-refractivity contribution in [3.63, 3.8) is 0 Å². The van der Waals surface area contributed by atoms with E-state index in [2.05, 4.69) is 4.98 Å². The Labute approximate surface area is 142 Å². The van der Waals surface area contributed by atoms with E-state index in [9.17, 15) is 19.5 Å². The molecular weight excluding hydrogens is 362 g/mol. The Morgan fingerprint density at radius 1 is 1.35 bits per heavy atom. The molecule has 2 N–H and O–H groups in total. The van der Waals surface area contributed by atoms with Crippen LogP contribution in [-0.2, 0) is 9.59 Å². The molecule has 2 aliphatic rings. The number of halogens is 1. The quantitative estimate of drug-likeness (QED) is 0.591. The van der Waals surface area contributed by atoms with E-state index in [0.717, 1.165) is 23.1 Å². The lowest BCUT2D eigenvalue weighted by Gasteiger charge is -2.37. The number of H-pyrrole nitrogens is 1. The maximum atomic E-state index is 12.4. The van der Waals surface area contributed by atoms with Crippen LogP contribution in [-0.4, -0.2) is 27.3 Å². The number of nitrogens with one attached hydrogen (secondary N) is 1. The van der Waals surface area contributed by atoms with Crippen molar-refractivity contribution in [1.82, 2.24) is 4.98 Å². The molecule has 9 heteroatoms. The average molecular weight is 370 g/mol. The van der Waals surface area contributed by atoms with Gasteiger partial charge in [-0.05, 0) is 18.2 Å². The molecule has 0 spiro atoms. The number of carbonyl (C=O) groups excluding carboxylic acids is 1. The zero-order valence-corrected chi connectivity index (χ0v) is 13.6. The van der Waals surface area contributed by atoms with E-state index in [4.69, 9.17) is 16.3 Å².